The van der Waals surface area contributed by atoms with Crippen molar-refractivity contribution in [2.75, 3.05) is 17.7 Å². The largest absolute Gasteiger partial charge is 0.480 e. The van der Waals surface area contributed by atoms with Crippen LogP contribution in [0.5, 0.6) is 0 Å². The second kappa shape index (κ2) is 4.21. The van der Waals surface area contributed by atoms with Gasteiger partial charge < -0.3 is 15.7 Å². The molecule has 0 amide bonds. The number of carboxylic acids is 1. The zero-order valence-corrected chi connectivity index (χ0v) is 9.19. The van der Waals surface area contributed by atoms with Gasteiger partial charge in [-0.3, -0.25) is 0 Å². The van der Waals surface area contributed by atoms with Crippen molar-refractivity contribution < 1.29 is 9.90 Å². The lowest BCUT2D eigenvalue weighted by Gasteiger charge is -2.25. The summed E-state index contributed by atoms with van der Waals surface area (Å²) >= 11 is 0. The normalized spacial score (nSPS) is 12.2. The molecule has 1 unspecified atom stereocenters. The first-order valence-electron chi connectivity index (χ1n) is 4.76. The predicted octanol–water partition coefficient (Wildman–Crippen LogP) is 1.49. The van der Waals surface area contributed by atoms with Crippen LogP contribution >= 0.6 is 0 Å². The van der Waals surface area contributed by atoms with E-state index in [9.17, 15) is 4.79 Å². The summed E-state index contributed by atoms with van der Waals surface area (Å²) in [7, 11) is 1.75. The number of carboxylic acid groups (broad SMARTS) is 1. The predicted molar refractivity (Wildman–Crippen MR) is 61.1 cm³/mol. The minimum absolute atomic E-state index is 0.564. The minimum atomic E-state index is -0.848. The Bertz CT molecular complexity index is 377. The topological polar surface area (TPSA) is 66.6 Å². The Balaban J connectivity index is 3.06. The van der Waals surface area contributed by atoms with Crippen molar-refractivity contribution in [2.24, 2.45) is 0 Å². The number of anilines is 2. The van der Waals surface area contributed by atoms with E-state index in [1.807, 2.05) is 19.1 Å². The SMILES string of the molecule is Cc1c(N)cccc1N(C)C(C)C(=O)O. The number of rotatable bonds is 3. The molecule has 0 aliphatic rings. The summed E-state index contributed by atoms with van der Waals surface area (Å²) in [6, 6.07) is 4.93. The van der Waals surface area contributed by atoms with Gasteiger partial charge in [-0.15, -0.1) is 0 Å². The standard InChI is InChI=1S/C11H16N2O2/c1-7-9(12)5-4-6-10(7)13(3)8(2)11(14)15/h4-6,8H,12H2,1-3H3,(H,14,15). The Hall–Kier alpha value is -1.71. The fourth-order valence-electron chi connectivity index (χ4n) is 1.40. The number of nitrogen functional groups attached to an aromatic ring is 1. The summed E-state index contributed by atoms with van der Waals surface area (Å²) < 4.78 is 0. The Morgan fingerprint density at radius 1 is 1.53 bits per heavy atom. The minimum Gasteiger partial charge on any atom is -0.480 e. The van der Waals surface area contributed by atoms with Gasteiger partial charge in [0.25, 0.3) is 0 Å². The molecule has 0 heterocycles. The van der Waals surface area contributed by atoms with Crippen LogP contribution in [0.3, 0.4) is 0 Å². The Labute approximate surface area is 89.3 Å². The van der Waals surface area contributed by atoms with Crippen molar-refractivity contribution in [1.29, 1.82) is 0 Å². The molecule has 0 saturated carbocycles. The van der Waals surface area contributed by atoms with Gasteiger partial charge in [0, 0.05) is 18.4 Å². The number of likely N-dealkylation sites (N-methyl/N-ethyl adjacent to an activating group) is 1. The van der Waals surface area contributed by atoms with Crippen molar-refractivity contribution >= 4 is 17.3 Å². The molecule has 0 spiro atoms. The van der Waals surface area contributed by atoms with Crippen LogP contribution in [-0.2, 0) is 4.79 Å². The second-order valence-corrected chi connectivity index (χ2v) is 3.62. The van der Waals surface area contributed by atoms with Crippen molar-refractivity contribution in [3.05, 3.63) is 23.8 Å². The summed E-state index contributed by atoms with van der Waals surface area (Å²) in [6.07, 6.45) is 0. The second-order valence-electron chi connectivity index (χ2n) is 3.62. The summed E-state index contributed by atoms with van der Waals surface area (Å²) in [5.74, 6) is -0.848. The fraction of sp³-hybridized carbons (Fsp3) is 0.364. The highest BCUT2D eigenvalue weighted by molar-refractivity contribution is 5.79. The van der Waals surface area contributed by atoms with Crippen molar-refractivity contribution in [1.82, 2.24) is 0 Å². The summed E-state index contributed by atoms with van der Waals surface area (Å²) in [5.41, 5.74) is 8.20. The van der Waals surface area contributed by atoms with Crippen LogP contribution in [0.4, 0.5) is 11.4 Å². The van der Waals surface area contributed by atoms with E-state index in [0.717, 1.165) is 11.3 Å². The molecule has 0 aliphatic heterocycles. The van der Waals surface area contributed by atoms with E-state index in [0.29, 0.717) is 5.69 Å². The van der Waals surface area contributed by atoms with E-state index in [4.69, 9.17) is 10.8 Å². The van der Waals surface area contributed by atoms with Gasteiger partial charge in [-0.05, 0) is 31.5 Å². The van der Waals surface area contributed by atoms with Crippen LogP contribution in [0.15, 0.2) is 18.2 Å². The average Bonchev–Trinajstić information content (AvgIpc) is 2.20. The highest BCUT2D eigenvalue weighted by atomic mass is 16.4. The molecule has 1 aromatic rings. The summed E-state index contributed by atoms with van der Waals surface area (Å²) in [6.45, 7) is 3.53. The lowest BCUT2D eigenvalue weighted by Crippen LogP contribution is -2.36. The first-order valence-corrected chi connectivity index (χ1v) is 4.76. The number of nitrogens with zero attached hydrogens (tertiary/aromatic N) is 1. The molecular formula is C11H16N2O2. The van der Waals surface area contributed by atoms with Gasteiger partial charge in [-0.2, -0.15) is 0 Å². The molecular weight excluding hydrogens is 192 g/mol. The molecule has 0 bridgehead atoms. The number of nitrogens with two attached hydrogens (primary N) is 1. The van der Waals surface area contributed by atoms with E-state index < -0.39 is 12.0 Å². The highest BCUT2D eigenvalue weighted by Crippen LogP contribution is 2.24. The smallest absolute Gasteiger partial charge is 0.326 e. The Morgan fingerprint density at radius 3 is 2.67 bits per heavy atom. The van der Waals surface area contributed by atoms with Gasteiger partial charge in [0.05, 0.1) is 0 Å². The molecule has 1 atom stereocenters. The molecule has 0 fully saturated rings. The first-order chi connectivity index (χ1) is 6.95. The van der Waals surface area contributed by atoms with Gasteiger partial charge in [-0.25, -0.2) is 4.79 Å². The molecule has 0 radical (unpaired) electrons. The molecule has 4 nitrogen and oxygen atoms in total. The molecule has 1 aromatic carbocycles. The summed E-state index contributed by atoms with van der Waals surface area (Å²) in [5, 5.41) is 8.90. The van der Waals surface area contributed by atoms with Crippen LogP contribution in [0, 0.1) is 6.92 Å². The fourth-order valence-corrected chi connectivity index (χ4v) is 1.40. The number of aliphatic carboxylic acids is 1. The van der Waals surface area contributed by atoms with Crippen molar-refractivity contribution in [3.8, 4) is 0 Å². The van der Waals surface area contributed by atoms with Crippen LogP contribution < -0.4 is 10.6 Å². The van der Waals surface area contributed by atoms with Crippen molar-refractivity contribution in [2.45, 2.75) is 19.9 Å². The van der Waals surface area contributed by atoms with Gasteiger partial charge in [0.1, 0.15) is 6.04 Å². The van der Waals surface area contributed by atoms with Crippen LogP contribution in [0.25, 0.3) is 0 Å². The van der Waals surface area contributed by atoms with Gasteiger partial charge in [0.2, 0.25) is 0 Å². The third-order valence-corrected chi connectivity index (χ3v) is 2.67. The number of carbonyl (C=O) groups is 1. The molecule has 1 rings (SSSR count). The lowest BCUT2D eigenvalue weighted by atomic mass is 10.1. The van der Waals surface area contributed by atoms with Crippen LogP contribution in [0.2, 0.25) is 0 Å². The van der Waals surface area contributed by atoms with Gasteiger partial charge >= 0.3 is 5.97 Å². The average molecular weight is 208 g/mol. The van der Waals surface area contributed by atoms with E-state index in [-0.39, 0.29) is 0 Å². The summed E-state index contributed by atoms with van der Waals surface area (Å²) in [4.78, 5) is 12.5. The zero-order valence-electron chi connectivity index (χ0n) is 9.19. The van der Waals surface area contributed by atoms with E-state index >= 15 is 0 Å². The lowest BCUT2D eigenvalue weighted by molar-refractivity contribution is -0.138. The number of benzene rings is 1. The third-order valence-electron chi connectivity index (χ3n) is 2.67. The van der Waals surface area contributed by atoms with E-state index in [2.05, 4.69) is 0 Å². The molecule has 15 heavy (non-hydrogen) atoms. The maximum Gasteiger partial charge on any atom is 0.326 e. The molecule has 0 aromatic heterocycles. The zero-order chi connectivity index (χ0) is 11.6. The van der Waals surface area contributed by atoms with Crippen LogP contribution in [0.1, 0.15) is 12.5 Å². The highest BCUT2D eigenvalue weighted by Gasteiger charge is 2.18. The molecule has 0 aliphatic carbocycles. The van der Waals surface area contributed by atoms with Gasteiger partial charge in [0.15, 0.2) is 0 Å². The number of hydrogen-bond acceptors (Lipinski definition) is 3. The third kappa shape index (κ3) is 2.21. The Morgan fingerprint density at radius 2 is 2.13 bits per heavy atom. The first kappa shape index (κ1) is 11.4. The molecule has 82 valence electrons. The monoisotopic (exact) mass is 208 g/mol. The molecule has 3 N–H and O–H groups in total. The maximum absolute atomic E-state index is 10.8. The maximum atomic E-state index is 10.8. The quantitative estimate of drug-likeness (QED) is 0.738. The van der Waals surface area contributed by atoms with E-state index in [1.54, 1.807) is 24.9 Å². The van der Waals surface area contributed by atoms with Crippen molar-refractivity contribution in [3.63, 3.8) is 0 Å². The number of hydrogen-bond donors (Lipinski definition) is 2. The Kier molecular flexibility index (Phi) is 3.19. The van der Waals surface area contributed by atoms with E-state index in [1.165, 1.54) is 0 Å². The molecule has 4 heteroatoms. The van der Waals surface area contributed by atoms with Gasteiger partial charge in [-0.1, -0.05) is 6.07 Å². The van der Waals surface area contributed by atoms with Crippen LogP contribution in [-0.4, -0.2) is 24.2 Å². The molecule has 0 saturated heterocycles.